The van der Waals surface area contributed by atoms with Gasteiger partial charge in [0.15, 0.2) is 5.78 Å². The third-order valence-electron chi connectivity index (χ3n) is 4.20. The van der Waals surface area contributed by atoms with Crippen LogP contribution in [-0.2, 0) is 20.9 Å². The van der Waals surface area contributed by atoms with Gasteiger partial charge in [-0.25, -0.2) is 4.79 Å². The maximum absolute atomic E-state index is 12.5. The summed E-state index contributed by atoms with van der Waals surface area (Å²) in [6, 6.07) is 16.4. The fourth-order valence-corrected chi connectivity index (χ4v) is 2.79. The summed E-state index contributed by atoms with van der Waals surface area (Å²) in [5, 5.41) is 0.643. The number of esters is 1. The number of rotatable bonds is 6. The van der Waals surface area contributed by atoms with Crippen LogP contribution in [0.25, 0.3) is 10.9 Å². The summed E-state index contributed by atoms with van der Waals surface area (Å²) in [4.78, 5) is 36.3. The third kappa shape index (κ3) is 4.23. The number of carbonyl (C=O) groups excluding carboxylic acids is 3. The largest absolute Gasteiger partial charge is 0.469 e. The molecular formula is C21H19NO5. The summed E-state index contributed by atoms with van der Waals surface area (Å²) in [5.41, 5.74) is 1.83. The predicted molar refractivity (Wildman–Crippen MR) is 99.5 cm³/mol. The molecule has 0 bridgehead atoms. The fraction of sp³-hybridized carbons (Fsp3) is 0.190. The number of aromatic nitrogens is 1. The Labute approximate surface area is 156 Å². The number of carbonyl (C=O) groups is 3. The standard InChI is InChI=1S/C21H19NO5/c1-26-20(24)12-11-19(23)17-13-22(18-10-6-5-9-16(17)18)21(25)27-14-15-7-3-2-4-8-15/h2-10,13H,11-12,14H2,1H3. The SMILES string of the molecule is COC(=O)CCC(=O)c1cn(C(=O)OCc2ccccc2)c2ccccc12. The molecule has 27 heavy (non-hydrogen) atoms. The topological polar surface area (TPSA) is 74.6 Å². The predicted octanol–water partition coefficient (Wildman–Crippen LogP) is 3.96. The van der Waals surface area contributed by atoms with Crippen molar-refractivity contribution >= 4 is 28.7 Å². The number of methoxy groups -OCH3 is 1. The lowest BCUT2D eigenvalue weighted by atomic mass is 10.1. The number of ether oxygens (including phenoxy) is 2. The van der Waals surface area contributed by atoms with Crippen molar-refractivity contribution in [2.24, 2.45) is 0 Å². The molecular weight excluding hydrogens is 346 g/mol. The van der Waals surface area contributed by atoms with Crippen molar-refractivity contribution in [2.75, 3.05) is 7.11 Å². The first kappa shape index (κ1) is 18.4. The van der Waals surface area contributed by atoms with Crippen molar-refractivity contribution in [1.82, 2.24) is 4.57 Å². The molecule has 0 aliphatic carbocycles. The molecule has 6 heteroatoms. The number of benzene rings is 2. The average Bonchev–Trinajstić information content (AvgIpc) is 3.10. The van der Waals surface area contributed by atoms with E-state index in [1.54, 1.807) is 24.3 Å². The van der Waals surface area contributed by atoms with Gasteiger partial charge in [0.1, 0.15) is 6.61 Å². The van der Waals surface area contributed by atoms with E-state index in [-0.39, 0.29) is 25.2 Å². The van der Waals surface area contributed by atoms with E-state index < -0.39 is 12.1 Å². The van der Waals surface area contributed by atoms with Crippen LogP contribution in [0.4, 0.5) is 4.79 Å². The monoisotopic (exact) mass is 365 g/mol. The Bertz CT molecular complexity index is 975. The minimum absolute atomic E-state index is 0.00665. The van der Waals surface area contributed by atoms with E-state index in [0.717, 1.165) is 5.56 Å². The van der Waals surface area contributed by atoms with E-state index in [4.69, 9.17) is 4.74 Å². The molecule has 2 aromatic carbocycles. The molecule has 1 aromatic heterocycles. The number of fused-ring (bicyclic) bond motifs is 1. The molecule has 0 fully saturated rings. The van der Waals surface area contributed by atoms with Gasteiger partial charge in [0.25, 0.3) is 0 Å². The second kappa shape index (κ2) is 8.31. The van der Waals surface area contributed by atoms with Crippen molar-refractivity contribution in [3.05, 3.63) is 71.9 Å². The van der Waals surface area contributed by atoms with E-state index in [9.17, 15) is 14.4 Å². The van der Waals surface area contributed by atoms with Crippen LogP contribution in [0.2, 0.25) is 0 Å². The first-order valence-corrected chi connectivity index (χ1v) is 8.51. The number of hydrogen-bond acceptors (Lipinski definition) is 5. The quantitative estimate of drug-likeness (QED) is 0.488. The average molecular weight is 365 g/mol. The summed E-state index contributed by atoms with van der Waals surface area (Å²) in [7, 11) is 1.28. The first-order chi connectivity index (χ1) is 13.1. The van der Waals surface area contributed by atoms with Gasteiger partial charge in [-0.3, -0.25) is 14.2 Å². The van der Waals surface area contributed by atoms with E-state index in [1.807, 2.05) is 30.3 Å². The van der Waals surface area contributed by atoms with Crippen molar-refractivity contribution < 1.29 is 23.9 Å². The molecule has 0 unspecified atom stereocenters. The second-order valence-electron chi connectivity index (χ2n) is 5.97. The highest BCUT2D eigenvalue weighted by molar-refractivity contribution is 6.10. The summed E-state index contributed by atoms with van der Waals surface area (Å²) < 4.78 is 11.3. The maximum Gasteiger partial charge on any atom is 0.418 e. The van der Waals surface area contributed by atoms with Gasteiger partial charge in [0.2, 0.25) is 0 Å². The first-order valence-electron chi connectivity index (χ1n) is 8.51. The van der Waals surface area contributed by atoms with E-state index in [0.29, 0.717) is 16.5 Å². The molecule has 0 spiro atoms. The third-order valence-corrected chi connectivity index (χ3v) is 4.20. The Morgan fingerprint density at radius 1 is 0.926 bits per heavy atom. The summed E-state index contributed by atoms with van der Waals surface area (Å²) in [5.74, 6) is -0.680. The number of ketones is 1. The molecule has 3 aromatic rings. The van der Waals surface area contributed by atoms with Gasteiger partial charge in [-0.15, -0.1) is 0 Å². The molecule has 0 aliphatic rings. The maximum atomic E-state index is 12.5. The number of para-hydroxylation sites is 1. The lowest BCUT2D eigenvalue weighted by molar-refractivity contribution is -0.140. The van der Waals surface area contributed by atoms with Crippen LogP contribution in [-0.4, -0.2) is 29.5 Å². The van der Waals surface area contributed by atoms with Crippen LogP contribution >= 0.6 is 0 Å². The second-order valence-corrected chi connectivity index (χ2v) is 5.97. The van der Waals surface area contributed by atoms with Gasteiger partial charge in [-0.2, -0.15) is 0 Å². The van der Waals surface area contributed by atoms with Crippen molar-refractivity contribution in [2.45, 2.75) is 19.4 Å². The van der Waals surface area contributed by atoms with Crippen LogP contribution in [0.1, 0.15) is 28.8 Å². The van der Waals surface area contributed by atoms with Crippen molar-refractivity contribution in [3.63, 3.8) is 0 Å². The summed E-state index contributed by atoms with van der Waals surface area (Å²) in [6.07, 6.45) is 0.909. The van der Waals surface area contributed by atoms with Crippen molar-refractivity contribution in [1.29, 1.82) is 0 Å². The number of nitrogens with zero attached hydrogens (tertiary/aromatic N) is 1. The van der Waals surface area contributed by atoms with Gasteiger partial charge in [-0.1, -0.05) is 48.5 Å². The molecule has 6 nitrogen and oxygen atoms in total. The van der Waals surface area contributed by atoms with E-state index >= 15 is 0 Å². The normalized spacial score (nSPS) is 10.6. The Balaban J connectivity index is 1.82. The highest BCUT2D eigenvalue weighted by atomic mass is 16.5. The van der Waals surface area contributed by atoms with Crippen LogP contribution in [0.15, 0.2) is 60.8 Å². The van der Waals surface area contributed by atoms with Crippen LogP contribution in [0.5, 0.6) is 0 Å². The zero-order valence-corrected chi connectivity index (χ0v) is 14.9. The highest BCUT2D eigenvalue weighted by Gasteiger charge is 2.19. The molecule has 0 saturated heterocycles. The Morgan fingerprint density at radius 3 is 2.37 bits per heavy atom. The minimum Gasteiger partial charge on any atom is -0.469 e. The Morgan fingerprint density at radius 2 is 1.63 bits per heavy atom. The van der Waals surface area contributed by atoms with Crippen molar-refractivity contribution in [3.8, 4) is 0 Å². The number of Topliss-reactive ketones (excluding diaryl/α,β-unsaturated/α-hetero) is 1. The van der Waals surface area contributed by atoms with Gasteiger partial charge in [0, 0.05) is 23.6 Å². The molecule has 0 N–H and O–H groups in total. The lowest BCUT2D eigenvalue weighted by Crippen LogP contribution is -2.12. The molecule has 0 radical (unpaired) electrons. The molecule has 0 atom stereocenters. The van der Waals surface area contributed by atoms with Gasteiger partial charge in [-0.05, 0) is 11.6 Å². The van der Waals surface area contributed by atoms with Crippen LogP contribution in [0.3, 0.4) is 0 Å². The molecule has 138 valence electrons. The molecule has 0 saturated carbocycles. The van der Waals surface area contributed by atoms with Gasteiger partial charge < -0.3 is 9.47 Å². The smallest absolute Gasteiger partial charge is 0.418 e. The molecule has 0 amide bonds. The molecule has 0 aliphatic heterocycles. The van der Waals surface area contributed by atoms with Gasteiger partial charge in [0.05, 0.1) is 19.0 Å². The number of hydrogen-bond donors (Lipinski definition) is 0. The zero-order valence-electron chi connectivity index (χ0n) is 14.9. The van der Waals surface area contributed by atoms with E-state index in [1.165, 1.54) is 17.9 Å². The summed E-state index contributed by atoms with van der Waals surface area (Å²) in [6.45, 7) is 0.137. The fourth-order valence-electron chi connectivity index (χ4n) is 2.79. The van der Waals surface area contributed by atoms with E-state index in [2.05, 4.69) is 4.74 Å². The lowest BCUT2D eigenvalue weighted by Gasteiger charge is -2.06. The molecule has 1 heterocycles. The Hall–Kier alpha value is -3.41. The Kier molecular flexibility index (Phi) is 5.66. The zero-order chi connectivity index (χ0) is 19.2. The summed E-state index contributed by atoms with van der Waals surface area (Å²) >= 11 is 0. The van der Waals surface area contributed by atoms with Crippen LogP contribution < -0.4 is 0 Å². The van der Waals surface area contributed by atoms with Crippen LogP contribution in [0, 0.1) is 0 Å². The molecule has 3 rings (SSSR count). The highest BCUT2D eigenvalue weighted by Crippen LogP contribution is 2.23. The minimum atomic E-state index is -0.568. The van der Waals surface area contributed by atoms with Gasteiger partial charge >= 0.3 is 12.1 Å².